The minimum Gasteiger partial charge on any atom is -0.489 e. The number of nitrogens with one attached hydrogen (secondary N) is 1. The maximum atomic E-state index is 12.0. The van der Waals surface area contributed by atoms with Crippen molar-refractivity contribution in [2.75, 3.05) is 25.2 Å². The summed E-state index contributed by atoms with van der Waals surface area (Å²) >= 11 is 0. The Morgan fingerprint density at radius 1 is 1.48 bits per heavy atom. The monoisotopic (exact) mass is 341 g/mol. The van der Waals surface area contributed by atoms with Crippen molar-refractivity contribution >= 4 is 29.9 Å². The fourth-order valence-electron chi connectivity index (χ4n) is 2.24. The Kier molecular flexibility index (Phi) is 5.33. The van der Waals surface area contributed by atoms with Crippen molar-refractivity contribution in [3.63, 3.8) is 0 Å². The third-order valence-corrected chi connectivity index (χ3v) is 3.67. The number of nitrogens with zero attached hydrogens (tertiary/aromatic N) is 1. The van der Waals surface area contributed by atoms with Gasteiger partial charge in [0.1, 0.15) is 24.1 Å². The highest BCUT2D eigenvalue weighted by Gasteiger charge is 2.27. The van der Waals surface area contributed by atoms with Gasteiger partial charge in [0.05, 0.1) is 5.69 Å². The van der Waals surface area contributed by atoms with Crippen molar-refractivity contribution < 1.29 is 19.1 Å². The van der Waals surface area contributed by atoms with Gasteiger partial charge in [-0.25, -0.2) is 0 Å². The number of likely N-dealkylation sites (N-methyl/N-ethyl adjacent to an activating group) is 1. The summed E-state index contributed by atoms with van der Waals surface area (Å²) in [4.78, 5) is 25.1. The molecule has 0 radical (unpaired) electrons. The number of ether oxygens (including phenoxy) is 2. The van der Waals surface area contributed by atoms with E-state index in [0.717, 1.165) is 12.8 Å². The number of nitrogens with two attached hydrogens (primary N) is 1. The van der Waals surface area contributed by atoms with Gasteiger partial charge < -0.3 is 25.4 Å². The van der Waals surface area contributed by atoms with Crippen LogP contribution in [0.4, 0.5) is 5.69 Å². The molecule has 2 aliphatic rings. The first-order valence-electron chi connectivity index (χ1n) is 7.27. The highest BCUT2D eigenvalue weighted by atomic mass is 35.5. The molecule has 0 unspecified atom stereocenters. The van der Waals surface area contributed by atoms with Crippen LogP contribution in [0.3, 0.4) is 0 Å². The lowest BCUT2D eigenvalue weighted by Gasteiger charge is -2.18. The first-order chi connectivity index (χ1) is 10.5. The van der Waals surface area contributed by atoms with E-state index >= 15 is 0 Å². The van der Waals surface area contributed by atoms with E-state index in [0.29, 0.717) is 23.2 Å². The van der Waals surface area contributed by atoms with Crippen LogP contribution in [-0.4, -0.2) is 44.2 Å². The molecule has 126 valence electrons. The van der Waals surface area contributed by atoms with Crippen molar-refractivity contribution in [3.05, 3.63) is 18.2 Å². The molecule has 23 heavy (non-hydrogen) atoms. The zero-order valence-corrected chi connectivity index (χ0v) is 13.6. The average molecular weight is 342 g/mol. The summed E-state index contributed by atoms with van der Waals surface area (Å²) in [5, 5.41) is 2.85. The third-order valence-electron chi connectivity index (χ3n) is 3.67. The van der Waals surface area contributed by atoms with Crippen LogP contribution in [0.2, 0.25) is 0 Å². The minimum absolute atomic E-state index is 0. The number of fused-ring (bicyclic) bond motifs is 1. The lowest BCUT2D eigenvalue weighted by molar-refractivity contribution is -0.123. The van der Waals surface area contributed by atoms with E-state index < -0.39 is 6.04 Å². The molecule has 1 fully saturated rings. The van der Waals surface area contributed by atoms with E-state index in [9.17, 15) is 9.59 Å². The number of rotatable bonds is 4. The van der Waals surface area contributed by atoms with E-state index in [1.165, 1.54) is 4.90 Å². The SMILES string of the molecule is CN1C(=O)[C@@H](N)COc2ccc(OCC(=O)NC3CC3)cc21.Cl. The van der Waals surface area contributed by atoms with Crippen molar-refractivity contribution in [2.24, 2.45) is 5.73 Å². The molecule has 0 saturated heterocycles. The first kappa shape index (κ1) is 17.4. The van der Waals surface area contributed by atoms with Gasteiger partial charge in [0.25, 0.3) is 5.91 Å². The molecule has 2 amide bonds. The van der Waals surface area contributed by atoms with Gasteiger partial charge in [0.2, 0.25) is 5.91 Å². The van der Waals surface area contributed by atoms with Crippen LogP contribution >= 0.6 is 12.4 Å². The molecule has 0 bridgehead atoms. The van der Waals surface area contributed by atoms with E-state index in [4.69, 9.17) is 15.2 Å². The van der Waals surface area contributed by atoms with Gasteiger partial charge in [-0.1, -0.05) is 0 Å². The van der Waals surface area contributed by atoms with Crippen LogP contribution < -0.4 is 25.4 Å². The quantitative estimate of drug-likeness (QED) is 0.829. The molecule has 7 nitrogen and oxygen atoms in total. The normalized spacial score (nSPS) is 19.8. The van der Waals surface area contributed by atoms with E-state index in [-0.39, 0.29) is 37.4 Å². The van der Waals surface area contributed by atoms with Crippen molar-refractivity contribution in [2.45, 2.75) is 24.9 Å². The fourth-order valence-corrected chi connectivity index (χ4v) is 2.24. The molecule has 1 saturated carbocycles. The van der Waals surface area contributed by atoms with E-state index in [2.05, 4.69) is 5.32 Å². The lowest BCUT2D eigenvalue weighted by atomic mass is 10.2. The second-order valence-corrected chi connectivity index (χ2v) is 5.57. The van der Waals surface area contributed by atoms with Gasteiger partial charge in [-0.15, -0.1) is 12.4 Å². The highest BCUT2D eigenvalue weighted by Crippen LogP contribution is 2.33. The number of carbonyl (C=O) groups excluding carboxylic acids is 2. The molecule has 1 aromatic carbocycles. The summed E-state index contributed by atoms with van der Waals surface area (Å²) in [6.45, 7) is 0.0908. The number of hydrogen-bond acceptors (Lipinski definition) is 5. The molecule has 3 rings (SSSR count). The molecule has 1 aliphatic heterocycles. The molecule has 1 heterocycles. The Balaban J connectivity index is 0.00000192. The molecular formula is C15H20ClN3O4. The Morgan fingerprint density at radius 3 is 2.91 bits per heavy atom. The Morgan fingerprint density at radius 2 is 2.22 bits per heavy atom. The van der Waals surface area contributed by atoms with Gasteiger partial charge in [0, 0.05) is 19.2 Å². The largest absolute Gasteiger partial charge is 0.489 e. The molecule has 8 heteroatoms. The van der Waals surface area contributed by atoms with Gasteiger partial charge >= 0.3 is 0 Å². The van der Waals surface area contributed by atoms with E-state index in [1.807, 2.05) is 0 Å². The van der Waals surface area contributed by atoms with Gasteiger partial charge in [-0.05, 0) is 25.0 Å². The molecule has 1 atom stereocenters. The number of carbonyl (C=O) groups is 2. The molecule has 0 aromatic heterocycles. The predicted octanol–water partition coefficient (Wildman–Crippen LogP) is 0.448. The Labute approximate surface area is 140 Å². The summed E-state index contributed by atoms with van der Waals surface area (Å²) in [7, 11) is 1.64. The van der Waals surface area contributed by atoms with Gasteiger partial charge in [-0.3, -0.25) is 9.59 Å². The van der Waals surface area contributed by atoms with Gasteiger partial charge in [0.15, 0.2) is 6.61 Å². The van der Waals surface area contributed by atoms with Crippen LogP contribution in [-0.2, 0) is 9.59 Å². The topological polar surface area (TPSA) is 93.9 Å². The second-order valence-electron chi connectivity index (χ2n) is 5.57. The van der Waals surface area contributed by atoms with Crippen LogP contribution in [0.1, 0.15) is 12.8 Å². The molecular weight excluding hydrogens is 322 g/mol. The average Bonchev–Trinajstić information content (AvgIpc) is 3.33. The molecule has 1 aromatic rings. The van der Waals surface area contributed by atoms with Crippen LogP contribution in [0.5, 0.6) is 11.5 Å². The first-order valence-corrected chi connectivity index (χ1v) is 7.27. The number of benzene rings is 1. The zero-order valence-electron chi connectivity index (χ0n) is 12.8. The number of anilines is 1. The summed E-state index contributed by atoms with van der Waals surface area (Å²) < 4.78 is 11.0. The lowest BCUT2D eigenvalue weighted by Crippen LogP contribution is -2.43. The smallest absolute Gasteiger partial charge is 0.258 e. The minimum atomic E-state index is -0.689. The Bertz CT molecular complexity index is 606. The highest BCUT2D eigenvalue weighted by molar-refractivity contribution is 5.98. The Hall–Kier alpha value is -1.99. The zero-order chi connectivity index (χ0) is 15.7. The maximum absolute atomic E-state index is 12.0. The van der Waals surface area contributed by atoms with Crippen molar-refractivity contribution in [3.8, 4) is 11.5 Å². The predicted molar refractivity (Wildman–Crippen MR) is 87.2 cm³/mol. The van der Waals surface area contributed by atoms with Crippen molar-refractivity contribution in [1.82, 2.24) is 5.32 Å². The van der Waals surface area contributed by atoms with E-state index in [1.54, 1.807) is 25.2 Å². The number of amides is 2. The van der Waals surface area contributed by atoms with Gasteiger partial charge in [-0.2, -0.15) is 0 Å². The van der Waals surface area contributed by atoms with Crippen LogP contribution in [0, 0.1) is 0 Å². The molecule has 1 aliphatic carbocycles. The molecule has 0 spiro atoms. The van der Waals surface area contributed by atoms with Crippen LogP contribution in [0.25, 0.3) is 0 Å². The molecule has 3 N–H and O–H groups in total. The maximum Gasteiger partial charge on any atom is 0.258 e. The summed E-state index contributed by atoms with van der Waals surface area (Å²) in [5.41, 5.74) is 6.32. The summed E-state index contributed by atoms with van der Waals surface area (Å²) in [6, 6.07) is 4.71. The summed E-state index contributed by atoms with van der Waals surface area (Å²) in [6.07, 6.45) is 2.07. The van der Waals surface area contributed by atoms with Crippen LogP contribution in [0.15, 0.2) is 18.2 Å². The summed E-state index contributed by atoms with van der Waals surface area (Å²) in [5.74, 6) is 0.713. The fraction of sp³-hybridized carbons (Fsp3) is 0.467. The van der Waals surface area contributed by atoms with Crippen molar-refractivity contribution in [1.29, 1.82) is 0 Å². The number of halogens is 1. The standard InChI is InChI=1S/C15H19N3O4.ClH/c1-18-12-6-10(21-8-14(19)17-9-2-3-9)4-5-13(12)22-7-11(16)15(18)20;/h4-6,9,11H,2-3,7-8,16H2,1H3,(H,17,19);1H/t11-;/m0./s1. The third kappa shape index (κ3) is 4.05. The number of hydrogen-bond donors (Lipinski definition) is 2. The second kappa shape index (κ2) is 7.06.